The minimum atomic E-state index is -0.954. The van der Waals surface area contributed by atoms with Crippen LogP contribution in [0.4, 0.5) is 5.13 Å². The Kier molecular flexibility index (Phi) is 8.30. The Morgan fingerprint density at radius 1 is 1.15 bits per heavy atom. The van der Waals surface area contributed by atoms with Gasteiger partial charge in [0.05, 0.1) is 23.9 Å². The molecule has 39 heavy (non-hydrogen) atoms. The Morgan fingerprint density at radius 2 is 1.87 bits per heavy atom. The first kappa shape index (κ1) is 27.8. The molecular formula is C30H30N2O6S. The van der Waals surface area contributed by atoms with Crippen molar-refractivity contribution in [2.24, 2.45) is 0 Å². The lowest BCUT2D eigenvalue weighted by atomic mass is 9.94. The van der Waals surface area contributed by atoms with Gasteiger partial charge in [0.25, 0.3) is 5.78 Å². The zero-order valence-corrected chi connectivity index (χ0v) is 23.1. The van der Waals surface area contributed by atoms with Crippen LogP contribution in [0.5, 0.6) is 5.75 Å². The summed E-state index contributed by atoms with van der Waals surface area (Å²) < 4.78 is 10.9. The number of hydrogen-bond acceptors (Lipinski definition) is 8. The molecule has 8 nitrogen and oxygen atoms in total. The number of aryl methyl sites for hydroxylation is 3. The summed E-state index contributed by atoms with van der Waals surface area (Å²) in [7, 11) is 0. The minimum absolute atomic E-state index is 0.0288. The molecule has 0 radical (unpaired) electrons. The van der Waals surface area contributed by atoms with E-state index in [0.717, 1.165) is 28.9 Å². The summed E-state index contributed by atoms with van der Waals surface area (Å²) >= 11 is 0.956. The molecule has 1 aromatic heterocycles. The first-order chi connectivity index (χ1) is 18.7. The minimum Gasteiger partial charge on any atom is -0.507 e. The van der Waals surface area contributed by atoms with Crippen molar-refractivity contribution in [2.75, 3.05) is 18.1 Å². The van der Waals surface area contributed by atoms with Crippen molar-refractivity contribution >= 4 is 39.9 Å². The van der Waals surface area contributed by atoms with Gasteiger partial charge in [-0.3, -0.25) is 14.5 Å². The van der Waals surface area contributed by atoms with E-state index >= 15 is 0 Å². The van der Waals surface area contributed by atoms with Gasteiger partial charge in [-0.05, 0) is 56.5 Å². The third-order valence-corrected chi connectivity index (χ3v) is 7.39. The quantitative estimate of drug-likeness (QED) is 0.118. The van der Waals surface area contributed by atoms with Gasteiger partial charge in [0.1, 0.15) is 23.0 Å². The number of nitrogens with zero attached hydrogens (tertiary/aromatic N) is 2. The number of hydrogen-bond donors (Lipinski definition) is 1. The Labute approximate surface area is 231 Å². The second-order valence-electron chi connectivity index (χ2n) is 9.21. The van der Waals surface area contributed by atoms with Gasteiger partial charge in [-0.15, -0.1) is 0 Å². The number of rotatable bonds is 9. The molecule has 2 heterocycles. The molecule has 2 aromatic carbocycles. The van der Waals surface area contributed by atoms with Crippen molar-refractivity contribution in [3.05, 3.63) is 93.5 Å². The number of carbonyl (C=O) groups excluding carboxylic acids is 3. The number of amides is 1. The Balaban J connectivity index is 1.85. The molecule has 0 spiro atoms. The molecule has 202 valence electrons. The van der Waals surface area contributed by atoms with Crippen LogP contribution >= 0.6 is 11.3 Å². The maximum atomic E-state index is 13.5. The highest BCUT2D eigenvalue weighted by Gasteiger charge is 2.48. The molecule has 1 unspecified atom stereocenters. The van der Waals surface area contributed by atoms with Crippen molar-refractivity contribution in [3.63, 3.8) is 0 Å². The number of ether oxygens (including phenoxy) is 2. The van der Waals surface area contributed by atoms with Gasteiger partial charge in [-0.1, -0.05) is 60.7 Å². The van der Waals surface area contributed by atoms with Crippen LogP contribution in [-0.2, 0) is 14.3 Å². The number of anilines is 1. The Hall–Kier alpha value is -4.24. The number of aliphatic hydroxyl groups is 1. The number of aliphatic hydroxyl groups excluding tert-OH is 1. The van der Waals surface area contributed by atoms with Gasteiger partial charge in [0.2, 0.25) is 0 Å². The number of aromatic nitrogens is 1. The van der Waals surface area contributed by atoms with Crippen LogP contribution in [0.15, 0.2) is 60.7 Å². The van der Waals surface area contributed by atoms with E-state index in [9.17, 15) is 19.5 Å². The smallest absolute Gasteiger partial charge is 0.350 e. The number of esters is 1. The maximum absolute atomic E-state index is 13.5. The van der Waals surface area contributed by atoms with Crippen molar-refractivity contribution in [2.45, 2.75) is 40.2 Å². The van der Waals surface area contributed by atoms with Crippen LogP contribution in [0.25, 0.3) is 5.76 Å². The van der Waals surface area contributed by atoms with E-state index in [4.69, 9.17) is 9.47 Å². The fraction of sp³-hybridized carbons (Fsp3) is 0.267. The van der Waals surface area contributed by atoms with Gasteiger partial charge < -0.3 is 14.6 Å². The summed E-state index contributed by atoms with van der Waals surface area (Å²) in [5, 5.41) is 11.6. The third-order valence-electron chi connectivity index (χ3n) is 6.26. The van der Waals surface area contributed by atoms with E-state index in [-0.39, 0.29) is 27.9 Å². The summed E-state index contributed by atoms with van der Waals surface area (Å²) in [6.45, 7) is 11.5. The standard InChI is InChI=1S/C30H30N2O6S/c1-6-14-37-22-13-12-21(16-18(22)4)25(33)23-24(20-10-8-17(3)9-11-20)32(28(35)26(23)34)30-31-19(5)27(39-30)29(36)38-15-7-2/h7-13,16,24,33H,2,6,14-15H2,1,3-5H3/b25-23-. The zero-order valence-electron chi connectivity index (χ0n) is 22.3. The van der Waals surface area contributed by atoms with Gasteiger partial charge in [-0.25, -0.2) is 9.78 Å². The summed E-state index contributed by atoms with van der Waals surface area (Å²) in [6, 6.07) is 11.5. The van der Waals surface area contributed by atoms with E-state index < -0.39 is 23.7 Å². The molecule has 1 fully saturated rings. The summed E-state index contributed by atoms with van der Waals surface area (Å²) in [6.07, 6.45) is 2.31. The van der Waals surface area contributed by atoms with Crippen molar-refractivity contribution in [1.29, 1.82) is 0 Å². The highest BCUT2D eigenvalue weighted by atomic mass is 32.1. The van der Waals surface area contributed by atoms with Crippen LogP contribution < -0.4 is 9.64 Å². The van der Waals surface area contributed by atoms with E-state index in [1.807, 2.05) is 32.9 Å². The summed E-state index contributed by atoms with van der Waals surface area (Å²) in [4.78, 5) is 45.4. The molecule has 0 bridgehead atoms. The lowest BCUT2D eigenvalue weighted by molar-refractivity contribution is -0.132. The molecule has 1 saturated heterocycles. The lowest BCUT2D eigenvalue weighted by Gasteiger charge is -2.23. The van der Waals surface area contributed by atoms with E-state index in [2.05, 4.69) is 11.6 Å². The van der Waals surface area contributed by atoms with Crippen LogP contribution in [-0.4, -0.2) is 41.0 Å². The highest BCUT2D eigenvalue weighted by molar-refractivity contribution is 7.17. The predicted octanol–water partition coefficient (Wildman–Crippen LogP) is 5.83. The molecule has 4 rings (SSSR count). The fourth-order valence-corrected chi connectivity index (χ4v) is 5.28. The predicted molar refractivity (Wildman–Crippen MR) is 150 cm³/mol. The number of benzene rings is 2. The summed E-state index contributed by atoms with van der Waals surface area (Å²) in [5.74, 6) is -1.91. The second kappa shape index (κ2) is 11.7. The zero-order chi connectivity index (χ0) is 28.3. The monoisotopic (exact) mass is 546 g/mol. The Morgan fingerprint density at radius 3 is 2.51 bits per heavy atom. The number of carbonyl (C=O) groups is 3. The van der Waals surface area contributed by atoms with Gasteiger partial charge in [0, 0.05) is 5.56 Å². The molecule has 1 aliphatic rings. The first-order valence-electron chi connectivity index (χ1n) is 12.5. The molecular weight excluding hydrogens is 516 g/mol. The van der Waals surface area contributed by atoms with Crippen LogP contribution in [0.3, 0.4) is 0 Å². The molecule has 0 saturated carbocycles. The Bertz CT molecular complexity index is 1470. The first-order valence-corrected chi connectivity index (χ1v) is 13.4. The average molecular weight is 547 g/mol. The molecule has 1 atom stereocenters. The SMILES string of the molecule is C=CCOC(=O)c1sc(N2C(=O)C(=O)/C(=C(\O)c3ccc(OCCC)c(C)c3)C2c2ccc(C)cc2)nc1C. The van der Waals surface area contributed by atoms with E-state index in [1.165, 1.54) is 11.0 Å². The molecule has 3 aromatic rings. The van der Waals surface area contributed by atoms with Gasteiger partial charge >= 0.3 is 11.9 Å². The molecule has 9 heteroatoms. The number of thiazole rings is 1. The van der Waals surface area contributed by atoms with E-state index in [1.54, 1.807) is 37.3 Å². The summed E-state index contributed by atoms with van der Waals surface area (Å²) in [5.41, 5.74) is 3.08. The molecule has 0 aliphatic carbocycles. The van der Waals surface area contributed by atoms with Crippen molar-refractivity contribution in [1.82, 2.24) is 4.98 Å². The van der Waals surface area contributed by atoms with Crippen LogP contribution in [0.2, 0.25) is 0 Å². The normalized spacial score (nSPS) is 16.4. The maximum Gasteiger partial charge on any atom is 0.350 e. The number of ketones is 1. The van der Waals surface area contributed by atoms with Gasteiger partial charge in [0.15, 0.2) is 5.13 Å². The largest absolute Gasteiger partial charge is 0.507 e. The topological polar surface area (TPSA) is 106 Å². The third kappa shape index (κ3) is 5.49. The fourth-order valence-electron chi connectivity index (χ4n) is 4.29. The van der Waals surface area contributed by atoms with Gasteiger partial charge in [-0.2, -0.15) is 0 Å². The highest BCUT2D eigenvalue weighted by Crippen LogP contribution is 2.44. The lowest BCUT2D eigenvalue weighted by Crippen LogP contribution is -2.29. The molecule has 1 amide bonds. The van der Waals surface area contributed by atoms with Crippen LogP contribution in [0, 0.1) is 20.8 Å². The molecule has 1 aliphatic heterocycles. The molecule has 1 N–H and O–H groups in total. The second-order valence-corrected chi connectivity index (χ2v) is 10.2. The van der Waals surface area contributed by atoms with Crippen molar-refractivity contribution in [3.8, 4) is 5.75 Å². The van der Waals surface area contributed by atoms with E-state index in [0.29, 0.717) is 29.2 Å². The van der Waals surface area contributed by atoms with Crippen molar-refractivity contribution < 1.29 is 29.0 Å². The van der Waals surface area contributed by atoms with Crippen LogP contribution in [0.1, 0.15) is 57.0 Å². The number of Topliss-reactive ketones (excluding diaryl/α,β-unsaturated/α-hetero) is 1. The average Bonchev–Trinajstić information content (AvgIpc) is 3.43.